The standard InChI is InChI=1S/C24H13F4N3O2/c25-16-4-3-5-17(12-16)31-13-20(18-6-1-2-7-19(18)23(31)32)22-29-21(30-33-22)14-8-10-15(11-9-14)24(26,27)28/h1-13H. The lowest BCUT2D eigenvalue weighted by Gasteiger charge is -2.10. The van der Waals surface area contributed by atoms with Gasteiger partial charge < -0.3 is 4.52 Å². The number of pyridine rings is 1. The minimum absolute atomic E-state index is 0.0613. The van der Waals surface area contributed by atoms with Crippen LogP contribution in [0.2, 0.25) is 0 Å². The molecule has 0 spiro atoms. The van der Waals surface area contributed by atoms with E-state index in [2.05, 4.69) is 10.1 Å². The fourth-order valence-electron chi connectivity index (χ4n) is 3.54. The highest BCUT2D eigenvalue weighted by molar-refractivity contribution is 5.94. The number of benzene rings is 3. The molecule has 5 rings (SSSR count). The van der Waals surface area contributed by atoms with Crippen molar-refractivity contribution in [3.05, 3.63) is 101 Å². The Morgan fingerprint density at radius 1 is 0.879 bits per heavy atom. The summed E-state index contributed by atoms with van der Waals surface area (Å²) in [4.78, 5) is 17.4. The van der Waals surface area contributed by atoms with Gasteiger partial charge in [-0.05, 0) is 36.4 Å². The van der Waals surface area contributed by atoms with Crippen LogP contribution in [0.5, 0.6) is 0 Å². The number of aromatic nitrogens is 3. The maximum Gasteiger partial charge on any atom is 0.416 e. The zero-order valence-electron chi connectivity index (χ0n) is 16.7. The van der Waals surface area contributed by atoms with E-state index in [9.17, 15) is 22.4 Å². The highest BCUT2D eigenvalue weighted by Gasteiger charge is 2.30. The average molecular weight is 451 g/mol. The molecule has 9 heteroatoms. The summed E-state index contributed by atoms with van der Waals surface area (Å²) in [5.74, 6) is -0.353. The molecule has 0 unspecified atom stereocenters. The molecule has 0 fully saturated rings. The van der Waals surface area contributed by atoms with Crippen LogP contribution in [-0.2, 0) is 6.18 Å². The van der Waals surface area contributed by atoms with Gasteiger partial charge >= 0.3 is 6.18 Å². The molecule has 0 amide bonds. The van der Waals surface area contributed by atoms with Gasteiger partial charge in [0, 0.05) is 22.5 Å². The number of hydrogen-bond acceptors (Lipinski definition) is 4. The van der Waals surface area contributed by atoms with Crippen LogP contribution in [0.3, 0.4) is 0 Å². The van der Waals surface area contributed by atoms with Crippen molar-refractivity contribution in [2.24, 2.45) is 0 Å². The molecule has 5 nitrogen and oxygen atoms in total. The van der Waals surface area contributed by atoms with Gasteiger partial charge in [0.2, 0.25) is 5.82 Å². The molecule has 0 aliphatic carbocycles. The first kappa shape index (κ1) is 20.6. The molecule has 0 radical (unpaired) electrons. The Kier molecular flexibility index (Phi) is 4.81. The predicted octanol–water partition coefficient (Wildman–Crippen LogP) is 5.87. The van der Waals surface area contributed by atoms with Crippen LogP contribution in [0.15, 0.2) is 88.3 Å². The zero-order chi connectivity index (χ0) is 23.2. The minimum atomic E-state index is -4.45. The summed E-state index contributed by atoms with van der Waals surface area (Å²) in [5.41, 5.74) is -0.0825. The molecule has 0 atom stereocenters. The number of hydrogen-bond donors (Lipinski definition) is 0. The second-order valence-corrected chi connectivity index (χ2v) is 7.24. The molecule has 0 aliphatic rings. The highest BCUT2D eigenvalue weighted by atomic mass is 19.4. The van der Waals surface area contributed by atoms with E-state index in [4.69, 9.17) is 4.52 Å². The maximum absolute atomic E-state index is 13.8. The summed E-state index contributed by atoms with van der Waals surface area (Å²) in [6.45, 7) is 0. The maximum atomic E-state index is 13.8. The second-order valence-electron chi connectivity index (χ2n) is 7.24. The van der Waals surface area contributed by atoms with Crippen molar-refractivity contribution < 1.29 is 22.1 Å². The summed E-state index contributed by atoms with van der Waals surface area (Å²) in [6, 6.07) is 16.7. The van der Waals surface area contributed by atoms with Crippen molar-refractivity contribution in [1.82, 2.24) is 14.7 Å². The van der Waals surface area contributed by atoms with E-state index in [-0.39, 0.29) is 17.3 Å². The largest absolute Gasteiger partial charge is 0.416 e. The summed E-state index contributed by atoms with van der Waals surface area (Å²) in [6.07, 6.45) is -2.98. The molecule has 164 valence electrons. The second kappa shape index (κ2) is 7.70. The van der Waals surface area contributed by atoms with Crippen molar-refractivity contribution in [3.63, 3.8) is 0 Å². The van der Waals surface area contributed by atoms with Gasteiger partial charge in [0.15, 0.2) is 0 Å². The smallest absolute Gasteiger partial charge is 0.334 e. The molecular formula is C24H13F4N3O2. The third-order valence-electron chi connectivity index (χ3n) is 5.14. The first-order chi connectivity index (χ1) is 15.8. The van der Waals surface area contributed by atoms with Gasteiger partial charge in [-0.3, -0.25) is 9.36 Å². The molecule has 2 aromatic heterocycles. The fourth-order valence-corrected chi connectivity index (χ4v) is 3.54. The quantitative estimate of drug-likeness (QED) is 0.322. The summed E-state index contributed by atoms with van der Waals surface area (Å²) >= 11 is 0. The molecule has 0 saturated carbocycles. The Hall–Kier alpha value is -4.27. The van der Waals surface area contributed by atoms with Crippen LogP contribution in [-0.4, -0.2) is 14.7 Å². The van der Waals surface area contributed by atoms with Gasteiger partial charge in [0.1, 0.15) is 5.82 Å². The van der Waals surface area contributed by atoms with Crippen molar-refractivity contribution in [3.8, 4) is 28.5 Å². The molecule has 2 heterocycles. The molecule has 0 N–H and O–H groups in total. The first-order valence-electron chi connectivity index (χ1n) is 9.73. The van der Waals surface area contributed by atoms with Crippen LogP contribution in [0.1, 0.15) is 5.56 Å². The van der Waals surface area contributed by atoms with E-state index < -0.39 is 17.6 Å². The topological polar surface area (TPSA) is 60.9 Å². The van der Waals surface area contributed by atoms with E-state index in [1.165, 1.54) is 41.1 Å². The molecular weight excluding hydrogens is 438 g/mol. The van der Waals surface area contributed by atoms with Gasteiger partial charge in [0.05, 0.1) is 16.8 Å². The van der Waals surface area contributed by atoms with Crippen molar-refractivity contribution >= 4 is 10.8 Å². The molecule has 0 saturated heterocycles. The van der Waals surface area contributed by atoms with E-state index in [0.29, 0.717) is 27.6 Å². The van der Waals surface area contributed by atoms with Gasteiger partial charge in [-0.15, -0.1) is 0 Å². The number of rotatable bonds is 3. The average Bonchev–Trinajstić information content (AvgIpc) is 3.29. The molecule has 33 heavy (non-hydrogen) atoms. The lowest BCUT2D eigenvalue weighted by atomic mass is 10.1. The van der Waals surface area contributed by atoms with Crippen molar-refractivity contribution in [1.29, 1.82) is 0 Å². The van der Waals surface area contributed by atoms with Crippen LogP contribution >= 0.6 is 0 Å². The number of halogens is 4. The highest BCUT2D eigenvalue weighted by Crippen LogP contribution is 2.32. The Morgan fingerprint density at radius 3 is 2.30 bits per heavy atom. The fraction of sp³-hybridized carbons (Fsp3) is 0.0417. The minimum Gasteiger partial charge on any atom is -0.334 e. The Labute approximate surface area is 183 Å². The molecule has 5 aromatic rings. The Morgan fingerprint density at radius 2 is 1.61 bits per heavy atom. The van der Waals surface area contributed by atoms with Crippen molar-refractivity contribution in [2.45, 2.75) is 6.18 Å². The van der Waals surface area contributed by atoms with Gasteiger partial charge in [-0.2, -0.15) is 18.2 Å². The molecule has 0 bridgehead atoms. The third kappa shape index (κ3) is 3.78. The summed E-state index contributed by atoms with van der Waals surface area (Å²) < 4.78 is 59.0. The summed E-state index contributed by atoms with van der Waals surface area (Å²) in [7, 11) is 0. The normalized spacial score (nSPS) is 11.8. The van der Waals surface area contributed by atoms with Crippen LogP contribution in [0.25, 0.3) is 39.3 Å². The molecule has 0 aliphatic heterocycles. The Bertz CT molecular complexity index is 1540. The number of alkyl halides is 3. The Balaban J connectivity index is 1.64. The van der Waals surface area contributed by atoms with Crippen molar-refractivity contribution in [2.75, 3.05) is 0 Å². The van der Waals surface area contributed by atoms with E-state index >= 15 is 0 Å². The van der Waals surface area contributed by atoms with Crippen LogP contribution < -0.4 is 5.56 Å². The lowest BCUT2D eigenvalue weighted by Crippen LogP contribution is -2.18. The van der Waals surface area contributed by atoms with Gasteiger partial charge in [0.25, 0.3) is 11.4 Å². The van der Waals surface area contributed by atoms with Gasteiger partial charge in [-0.1, -0.05) is 41.6 Å². The SMILES string of the molecule is O=c1c2ccccc2c(-c2nc(-c3ccc(C(F)(F)F)cc3)no2)cn1-c1cccc(F)c1. The van der Waals surface area contributed by atoms with E-state index in [1.54, 1.807) is 30.3 Å². The lowest BCUT2D eigenvalue weighted by molar-refractivity contribution is -0.137. The van der Waals surface area contributed by atoms with E-state index in [0.717, 1.165) is 12.1 Å². The van der Waals surface area contributed by atoms with E-state index in [1.807, 2.05) is 0 Å². The number of nitrogens with zero attached hydrogens (tertiary/aromatic N) is 3. The zero-order valence-corrected chi connectivity index (χ0v) is 16.7. The third-order valence-corrected chi connectivity index (χ3v) is 5.14. The van der Waals surface area contributed by atoms with Crippen LogP contribution in [0, 0.1) is 5.82 Å². The van der Waals surface area contributed by atoms with Gasteiger partial charge in [-0.25, -0.2) is 4.39 Å². The first-order valence-corrected chi connectivity index (χ1v) is 9.73. The summed E-state index contributed by atoms with van der Waals surface area (Å²) in [5, 5.41) is 4.78. The molecule has 3 aromatic carbocycles. The number of fused-ring (bicyclic) bond motifs is 1. The monoisotopic (exact) mass is 451 g/mol. The van der Waals surface area contributed by atoms with Crippen LogP contribution in [0.4, 0.5) is 17.6 Å². The predicted molar refractivity (Wildman–Crippen MR) is 113 cm³/mol.